The van der Waals surface area contributed by atoms with Gasteiger partial charge in [-0.1, -0.05) is 48.6 Å². The summed E-state index contributed by atoms with van der Waals surface area (Å²) in [5.41, 5.74) is 0.655. The normalized spacial score (nSPS) is 11.8. The summed E-state index contributed by atoms with van der Waals surface area (Å²) in [6.07, 6.45) is 0. The zero-order chi connectivity index (χ0) is 9.14. The van der Waals surface area contributed by atoms with Crippen molar-refractivity contribution in [2.45, 2.75) is 0 Å². The lowest BCUT2D eigenvalue weighted by molar-refractivity contribution is 0.321. The molecule has 5 heteroatoms. The lowest BCUT2D eigenvalue weighted by Gasteiger charge is -2.00. The molecular weight excluding hydrogens is 309 g/mol. The van der Waals surface area contributed by atoms with Crippen LogP contribution in [0.1, 0.15) is 5.56 Å². The molecule has 0 saturated heterocycles. The van der Waals surface area contributed by atoms with Crippen LogP contribution in [-0.2, 0) is 0 Å². The fourth-order valence-electron chi connectivity index (χ4n) is 0.711. The summed E-state index contributed by atoms with van der Waals surface area (Å²) in [6.45, 7) is 0. The molecule has 1 aromatic carbocycles. The number of nitrogens with zero attached hydrogens (tertiary/aromatic N) is 1. The molecule has 0 saturated carbocycles. The van der Waals surface area contributed by atoms with Gasteiger partial charge in [0.1, 0.15) is 0 Å². The van der Waals surface area contributed by atoms with E-state index in [-0.39, 0.29) is 5.17 Å². The predicted octanol–water partition coefficient (Wildman–Crippen LogP) is 3.59. The summed E-state index contributed by atoms with van der Waals surface area (Å²) in [4.78, 5) is 0. The van der Waals surface area contributed by atoms with E-state index >= 15 is 0 Å². The van der Waals surface area contributed by atoms with Gasteiger partial charge >= 0.3 is 0 Å². The average Bonchev–Trinajstić information content (AvgIpc) is 2.03. The Bertz CT molecular complexity index is 327. The van der Waals surface area contributed by atoms with Crippen LogP contribution >= 0.6 is 43.5 Å². The zero-order valence-corrected chi connectivity index (χ0v) is 9.69. The molecule has 0 heterocycles. The van der Waals surface area contributed by atoms with Crippen LogP contribution in [-0.4, -0.2) is 10.4 Å². The van der Waals surface area contributed by atoms with Gasteiger partial charge in [-0.15, -0.1) is 0 Å². The predicted molar refractivity (Wildman–Crippen MR) is 56.0 cm³/mol. The van der Waals surface area contributed by atoms with Gasteiger partial charge in [-0.3, -0.25) is 0 Å². The molecule has 64 valence electrons. The van der Waals surface area contributed by atoms with Crippen molar-refractivity contribution in [3.8, 4) is 0 Å². The van der Waals surface area contributed by atoms with E-state index in [0.29, 0.717) is 5.56 Å². The number of oxime groups is 1. The molecule has 12 heavy (non-hydrogen) atoms. The second kappa shape index (κ2) is 4.25. The lowest BCUT2D eigenvalue weighted by Crippen LogP contribution is -1.91. The maximum atomic E-state index is 8.41. The Morgan fingerprint density at radius 3 is 2.58 bits per heavy atom. The second-order valence-electron chi connectivity index (χ2n) is 2.01. The third kappa shape index (κ3) is 2.21. The van der Waals surface area contributed by atoms with Crippen LogP contribution in [0.2, 0.25) is 0 Å². The van der Waals surface area contributed by atoms with E-state index in [0.717, 1.165) is 8.95 Å². The van der Waals surface area contributed by atoms with Crippen LogP contribution in [0, 0.1) is 0 Å². The molecule has 0 fully saturated rings. The fraction of sp³-hybridized carbons (Fsp3) is 0. The molecule has 0 aliphatic rings. The van der Waals surface area contributed by atoms with Gasteiger partial charge in [0.15, 0.2) is 5.17 Å². The van der Waals surface area contributed by atoms with Crippen molar-refractivity contribution in [1.82, 2.24) is 0 Å². The first-order chi connectivity index (χ1) is 5.65. The highest BCUT2D eigenvalue weighted by Crippen LogP contribution is 2.23. The second-order valence-corrected chi connectivity index (χ2v) is 4.14. The number of hydrogen-bond donors (Lipinski definition) is 1. The third-order valence-corrected chi connectivity index (χ3v) is 2.67. The first kappa shape index (κ1) is 10.0. The topological polar surface area (TPSA) is 32.6 Å². The SMILES string of the molecule is O/N=C(\Cl)c1ccc(Br)cc1Br. The molecule has 1 aromatic rings. The Balaban J connectivity index is 3.18. The number of hydrogen-bond acceptors (Lipinski definition) is 2. The molecule has 0 aliphatic carbocycles. The molecule has 0 atom stereocenters. The minimum Gasteiger partial charge on any atom is -0.410 e. The van der Waals surface area contributed by atoms with Crippen LogP contribution in [0.3, 0.4) is 0 Å². The highest BCUT2D eigenvalue weighted by molar-refractivity contribution is 9.11. The summed E-state index contributed by atoms with van der Waals surface area (Å²) in [6, 6.07) is 5.38. The first-order valence-corrected chi connectivity index (χ1v) is 4.94. The number of benzene rings is 1. The Morgan fingerprint density at radius 2 is 2.08 bits per heavy atom. The van der Waals surface area contributed by atoms with Crippen LogP contribution in [0.25, 0.3) is 0 Å². The fourth-order valence-corrected chi connectivity index (χ4v) is 2.22. The summed E-state index contributed by atoms with van der Waals surface area (Å²) >= 11 is 12.2. The maximum absolute atomic E-state index is 8.41. The van der Waals surface area contributed by atoms with Gasteiger partial charge in [0, 0.05) is 14.5 Å². The van der Waals surface area contributed by atoms with Crippen molar-refractivity contribution in [3.05, 3.63) is 32.7 Å². The highest BCUT2D eigenvalue weighted by atomic mass is 79.9. The molecule has 1 N–H and O–H groups in total. The monoisotopic (exact) mass is 311 g/mol. The quantitative estimate of drug-likeness (QED) is 0.480. The number of halogens is 3. The van der Waals surface area contributed by atoms with Gasteiger partial charge in [0.25, 0.3) is 0 Å². The van der Waals surface area contributed by atoms with Crippen molar-refractivity contribution < 1.29 is 5.21 Å². The van der Waals surface area contributed by atoms with Crippen LogP contribution in [0.15, 0.2) is 32.3 Å². The van der Waals surface area contributed by atoms with E-state index in [9.17, 15) is 0 Å². The van der Waals surface area contributed by atoms with Gasteiger partial charge in [-0.05, 0) is 18.2 Å². The molecule has 0 amide bonds. The lowest BCUT2D eigenvalue weighted by atomic mass is 10.2. The Hall–Kier alpha value is -0.0600. The first-order valence-electron chi connectivity index (χ1n) is 2.98. The zero-order valence-electron chi connectivity index (χ0n) is 5.76. The van der Waals surface area contributed by atoms with Gasteiger partial charge < -0.3 is 5.21 Å². The van der Waals surface area contributed by atoms with E-state index in [2.05, 4.69) is 37.0 Å². The van der Waals surface area contributed by atoms with E-state index < -0.39 is 0 Å². The van der Waals surface area contributed by atoms with E-state index in [1.807, 2.05) is 12.1 Å². The van der Waals surface area contributed by atoms with E-state index in [4.69, 9.17) is 16.8 Å². The number of rotatable bonds is 1. The summed E-state index contributed by atoms with van der Waals surface area (Å²) < 4.78 is 1.71. The maximum Gasteiger partial charge on any atom is 0.176 e. The Morgan fingerprint density at radius 1 is 1.42 bits per heavy atom. The van der Waals surface area contributed by atoms with Crippen molar-refractivity contribution in [3.63, 3.8) is 0 Å². The summed E-state index contributed by atoms with van der Waals surface area (Å²) in [7, 11) is 0. The highest BCUT2D eigenvalue weighted by Gasteiger charge is 2.05. The minimum atomic E-state index is 0.0642. The molecule has 1 rings (SSSR count). The van der Waals surface area contributed by atoms with Crippen LogP contribution in [0.4, 0.5) is 0 Å². The van der Waals surface area contributed by atoms with Gasteiger partial charge in [-0.2, -0.15) is 0 Å². The smallest absolute Gasteiger partial charge is 0.176 e. The standard InChI is InChI=1S/C7H4Br2ClNO/c8-4-1-2-5(6(9)3-4)7(10)11-12/h1-3,12H/b11-7-. The molecule has 0 bridgehead atoms. The molecule has 0 aliphatic heterocycles. The van der Waals surface area contributed by atoms with Crippen molar-refractivity contribution in [1.29, 1.82) is 0 Å². The summed E-state index contributed by atoms with van der Waals surface area (Å²) in [5.74, 6) is 0. The van der Waals surface area contributed by atoms with Crippen LogP contribution < -0.4 is 0 Å². The van der Waals surface area contributed by atoms with Gasteiger partial charge in [0.2, 0.25) is 0 Å². The minimum absolute atomic E-state index is 0.0642. The van der Waals surface area contributed by atoms with E-state index in [1.54, 1.807) is 6.07 Å². The van der Waals surface area contributed by atoms with Crippen molar-refractivity contribution >= 4 is 48.6 Å². The van der Waals surface area contributed by atoms with Crippen molar-refractivity contribution in [2.24, 2.45) is 5.16 Å². The Labute approximate surface area is 91.5 Å². The molecular formula is C7H4Br2ClNO. The third-order valence-electron chi connectivity index (χ3n) is 1.24. The van der Waals surface area contributed by atoms with E-state index in [1.165, 1.54) is 0 Å². The van der Waals surface area contributed by atoms with Crippen molar-refractivity contribution in [2.75, 3.05) is 0 Å². The Kier molecular flexibility index (Phi) is 3.55. The molecule has 0 aromatic heterocycles. The molecule has 0 unspecified atom stereocenters. The van der Waals surface area contributed by atoms with Gasteiger partial charge in [0.05, 0.1) is 0 Å². The molecule has 2 nitrogen and oxygen atoms in total. The van der Waals surface area contributed by atoms with Gasteiger partial charge in [-0.25, -0.2) is 0 Å². The molecule has 0 radical (unpaired) electrons. The van der Waals surface area contributed by atoms with Crippen LogP contribution in [0.5, 0.6) is 0 Å². The largest absolute Gasteiger partial charge is 0.410 e. The summed E-state index contributed by atoms with van der Waals surface area (Å²) in [5, 5.41) is 11.4. The average molecular weight is 313 g/mol. The molecule has 0 spiro atoms.